The fourth-order valence-electron chi connectivity index (χ4n) is 0.207. The quantitative estimate of drug-likeness (QED) is 0.507. The van der Waals surface area contributed by atoms with Crippen LogP contribution in [0.2, 0.25) is 0 Å². The van der Waals surface area contributed by atoms with Crippen molar-refractivity contribution >= 4 is 8.25 Å². The Morgan fingerprint density at radius 3 is 2.62 bits per heavy atom. The van der Waals surface area contributed by atoms with Gasteiger partial charge in [-0.1, -0.05) is 0 Å². The Bertz CT molecular complexity index is 86.6. The third kappa shape index (κ3) is 4.15. The van der Waals surface area contributed by atoms with Crippen molar-refractivity contribution < 1.29 is 19.7 Å². The van der Waals surface area contributed by atoms with Crippen molar-refractivity contribution in [1.82, 2.24) is 0 Å². The summed E-state index contributed by atoms with van der Waals surface area (Å²) in [7, 11) is -2.44. The lowest BCUT2D eigenvalue weighted by Crippen LogP contribution is -2.55. The van der Waals surface area contributed by atoms with Gasteiger partial charge in [0.1, 0.15) is 6.54 Å². The first-order valence-corrected chi connectivity index (χ1v) is 3.42. The second kappa shape index (κ2) is 3.92. The first kappa shape index (κ1) is 7.98. The second-order valence-electron chi connectivity index (χ2n) is 1.44. The van der Waals surface area contributed by atoms with E-state index in [0.717, 1.165) is 0 Å². The summed E-state index contributed by atoms with van der Waals surface area (Å²) in [6.07, 6.45) is -0.219. The summed E-state index contributed by atoms with van der Waals surface area (Å²) in [5.41, 5.74) is 3.47. The largest absolute Gasteiger partial charge is 0.695 e. The topological polar surface area (TPSA) is 74.2 Å². The van der Waals surface area contributed by atoms with E-state index < -0.39 is 8.25 Å². The predicted octanol–water partition coefficient (Wildman–Crippen LogP) is -0.717. The molecule has 0 aromatic carbocycles. The minimum Gasteiger partial charge on any atom is -0.355 e. The van der Waals surface area contributed by atoms with Crippen molar-refractivity contribution in [1.29, 1.82) is 0 Å². The van der Waals surface area contributed by atoms with Gasteiger partial charge in [0.2, 0.25) is 0 Å². The van der Waals surface area contributed by atoms with Crippen molar-refractivity contribution in [3.63, 3.8) is 0 Å². The van der Waals surface area contributed by atoms with Gasteiger partial charge >= 0.3 is 8.25 Å². The highest BCUT2D eigenvalue weighted by atomic mass is 31.1. The summed E-state index contributed by atoms with van der Waals surface area (Å²) in [5.74, 6) is 0. The molecule has 2 unspecified atom stereocenters. The van der Waals surface area contributed by atoms with Crippen LogP contribution in [-0.4, -0.2) is 17.5 Å². The van der Waals surface area contributed by atoms with Gasteiger partial charge < -0.3 is 5.73 Å². The average molecular weight is 139 g/mol. The Morgan fingerprint density at radius 1 is 2.00 bits per heavy atom. The Labute approximate surface area is 48.6 Å². The lowest BCUT2D eigenvalue weighted by atomic mass is 10.4. The lowest BCUT2D eigenvalue weighted by molar-refractivity contribution is -0.380. The molecular weight excluding hydrogens is 129 g/mol. The predicted molar refractivity (Wildman–Crippen MR) is 28.1 cm³/mol. The summed E-state index contributed by atoms with van der Waals surface area (Å²) in [6, 6.07) is 0. The average Bonchev–Trinajstić information content (AvgIpc) is 1.65. The van der Waals surface area contributed by atoms with Crippen LogP contribution in [-0.2, 0) is 9.09 Å². The molecule has 0 bridgehead atoms. The van der Waals surface area contributed by atoms with E-state index in [1.165, 1.54) is 0 Å². The van der Waals surface area contributed by atoms with E-state index in [1.54, 1.807) is 6.92 Å². The van der Waals surface area contributed by atoms with Gasteiger partial charge in [-0.05, 0) is 6.92 Å². The summed E-state index contributed by atoms with van der Waals surface area (Å²) >= 11 is 0. The van der Waals surface area contributed by atoms with Gasteiger partial charge in [-0.25, -0.2) is 0 Å². The minimum absolute atomic E-state index is 0.219. The second-order valence-corrected chi connectivity index (χ2v) is 2.13. The number of hydrogen-bond acceptors (Lipinski definition) is 2. The number of quaternary nitrogens is 1. The molecule has 4 N–H and O–H groups in total. The van der Waals surface area contributed by atoms with Crippen molar-refractivity contribution in [2.45, 2.75) is 13.0 Å². The highest BCUT2D eigenvalue weighted by Crippen LogP contribution is 2.16. The van der Waals surface area contributed by atoms with Crippen LogP contribution in [0.5, 0.6) is 0 Å². The molecule has 0 aromatic rings. The third-order valence-corrected chi connectivity index (χ3v) is 1.22. The summed E-state index contributed by atoms with van der Waals surface area (Å²) in [4.78, 5) is 8.11. The highest BCUT2D eigenvalue weighted by Gasteiger charge is 2.17. The minimum atomic E-state index is -2.44. The molecule has 0 saturated carbocycles. The normalized spacial score (nSPS) is 15.6. The molecule has 0 amide bonds. The maximum absolute atomic E-state index is 9.87. The maximum atomic E-state index is 9.87. The van der Waals surface area contributed by atoms with E-state index in [9.17, 15) is 4.57 Å². The molecule has 0 rings (SSSR count). The van der Waals surface area contributed by atoms with Crippen LogP contribution in [0.4, 0.5) is 0 Å². The zero-order valence-electron chi connectivity index (χ0n) is 4.70. The fraction of sp³-hybridized carbons (Fsp3) is 1.00. The molecule has 0 aliphatic carbocycles. The number of hydrogen-bond donors (Lipinski definition) is 2. The van der Waals surface area contributed by atoms with Crippen molar-refractivity contribution in [2.24, 2.45) is 0 Å². The lowest BCUT2D eigenvalue weighted by Gasteiger charge is -1.91. The van der Waals surface area contributed by atoms with Gasteiger partial charge in [-0.15, -0.1) is 9.42 Å². The van der Waals surface area contributed by atoms with Crippen LogP contribution in [0.1, 0.15) is 6.92 Å². The Hall–Kier alpha value is -0.0200. The Balaban J connectivity index is 3.24. The summed E-state index contributed by atoms with van der Waals surface area (Å²) < 4.78 is 14.3. The summed E-state index contributed by atoms with van der Waals surface area (Å²) in [6.45, 7) is 2.21. The smallest absolute Gasteiger partial charge is 0.355 e. The third-order valence-electron chi connectivity index (χ3n) is 0.677. The van der Waals surface area contributed by atoms with Crippen molar-refractivity contribution in [3.8, 4) is 0 Å². The molecule has 4 nitrogen and oxygen atoms in total. The first-order valence-electron chi connectivity index (χ1n) is 2.29. The Kier molecular flexibility index (Phi) is 3.91. The molecule has 0 aliphatic heterocycles. The molecule has 0 spiro atoms. The molecular formula is C3H10NO3P+2. The standard InChI is InChI=1S/C3H8NO3P/c1-3(2-4)7-8(5)6/h3H,2,4H2,1H3/p+2. The molecule has 48 valence electrons. The monoisotopic (exact) mass is 139 g/mol. The van der Waals surface area contributed by atoms with Crippen LogP contribution < -0.4 is 5.73 Å². The molecule has 0 fully saturated rings. The molecule has 2 atom stereocenters. The van der Waals surface area contributed by atoms with E-state index in [-0.39, 0.29) is 6.10 Å². The van der Waals surface area contributed by atoms with Gasteiger partial charge in [-0.2, -0.15) is 0 Å². The van der Waals surface area contributed by atoms with Crippen LogP contribution in [0, 0.1) is 0 Å². The van der Waals surface area contributed by atoms with E-state index in [0.29, 0.717) is 6.54 Å². The zero-order chi connectivity index (χ0) is 6.57. The molecule has 0 radical (unpaired) electrons. The first-order chi connectivity index (χ1) is 3.66. The van der Waals surface area contributed by atoms with Gasteiger partial charge in [0.15, 0.2) is 6.10 Å². The molecule has 8 heavy (non-hydrogen) atoms. The van der Waals surface area contributed by atoms with Gasteiger partial charge in [0.05, 0.1) is 0 Å². The summed E-state index contributed by atoms with van der Waals surface area (Å²) in [5, 5.41) is 0. The fourth-order valence-corrected chi connectivity index (χ4v) is 0.620. The van der Waals surface area contributed by atoms with E-state index in [4.69, 9.17) is 4.89 Å². The highest BCUT2D eigenvalue weighted by molar-refractivity contribution is 7.32. The van der Waals surface area contributed by atoms with Crippen LogP contribution in [0.15, 0.2) is 0 Å². The van der Waals surface area contributed by atoms with Crippen LogP contribution >= 0.6 is 8.25 Å². The molecule has 0 saturated heterocycles. The Morgan fingerprint density at radius 2 is 2.50 bits per heavy atom. The van der Waals surface area contributed by atoms with E-state index in [1.807, 2.05) is 0 Å². The van der Waals surface area contributed by atoms with Gasteiger partial charge in [0.25, 0.3) is 0 Å². The molecule has 5 heteroatoms. The van der Waals surface area contributed by atoms with Crippen molar-refractivity contribution in [3.05, 3.63) is 0 Å². The molecule has 0 aliphatic rings. The maximum Gasteiger partial charge on any atom is 0.695 e. The van der Waals surface area contributed by atoms with Gasteiger partial charge in [-0.3, -0.25) is 0 Å². The van der Waals surface area contributed by atoms with Crippen molar-refractivity contribution in [2.75, 3.05) is 6.54 Å². The molecule has 0 aromatic heterocycles. The van der Waals surface area contributed by atoms with Gasteiger partial charge in [0, 0.05) is 4.57 Å². The van der Waals surface area contributed by atoms with Crippen LogP contribution in [0.25, 0.3) is 0 Å². The zero-order valence-corrected chi connectivity index (χ0v) is 5.60. The van der Waals surface area contributed by atoms with Crippen LogP contribution in [0.3, 0.4) is 0 Å². The SMILES string of the molecule is CC(C[NH3+])O[P+](=O)O. The van der Waals surface area contributed by atoms with E-state index in [2.05, 4.69) is 10.3 Å². The van der Waals surface area contributed by atoms with E-state index >= 15 is 0 Å². The molecule has 0 heterocycles. The number of rotatable bonds is 3.